The lowest BCUT2D eigenvalue weighted by Crippen LogP contribution is -2.25. The highest BCUT2D eigenvalue weighted by molar-refractivity contribution is 7.13. The maximum atomic E-state index is 12.9. The van der Waals surface area contributed by atoms with Gasteiger partial charge < -0.3 is 10.6 Å². The fourth-order valence-electron chi connectivity index (χ4n) is 2.46. The highest BCUT2D eigenvalue weighted by Crippen LogP contribution is 2.25. The molecule has 0 spiro atoms. The molecule has 138 valence electrons. The molecule has 0 aliphatic rings. The van der Waals surface area contributed by atoms with Crippen LogP contribution in [-0.4, -0.2) is 23.3 Å². The van der Waals surface area contributed by atoms with Crippen LogP contribution in [0.3, 0.4) is 0 Å². The van der Waals surface area contributed by atoms with E-state index in [0.29, 0.717) is 18.5 Å². The molecule has 1 aromatic heterocycles. The molecule has 2 amide bonds. The van der Waals surface area contributed by atoms with Crippen LogP contribution >= 0.6 is 11.3 Å². The molecule has 0 aliphatic carbocycles. The lowest BCUT2D eigenvalue weighted by atomic mass is 10.2. The third-order valence-electron chi connectivity index (χ3n) is 3.78. The van der Waals surface area contributed by atoms with Crippen molar-refractivity contribution in [3.63, 3.8) is 0 Å². The van der Waals surface area contributed by atoms with Gasteiger partial charge in [-0.05, 0) is 48.5 Å². The van der Waals surface area contributed by atoms with E-state index in [9.17, 15) is 14.0 Å². The summed E-state index contributed by atoms with van der Waals surface area (Å²) in [5.41, 5.74) is 3.03. The van der Waals surface area contributed by atoms with Crippen LogP contribution in [-0.2, 0) is 11.2 Å². The van der Waals surface area contributed by atoms with Gasteiger partial charge in [-0.1, -0.05) is 0 Å². The van der Waals surface area contributed by atoms with Crippen LogP contribution in [0.4, 0.5) is 10.1 Å². The van der Waals surface area contributed by atoms with Gasteiger partial charge in [0.15, 0.2) is 0 Å². The Morgan fingerprint density at radius 2 is 1.78 bits per heavy atom. The normalized spacial score (nSPS) is 10.4. The maximum absolute atomic E-state index is 12.9. The summed E-state index contributed by atoms with van der Waals surface area (Å²) in [6.07, 6.45) is 0.605. The SMILES string of the molecule is CC(=O)Nc1ccc(-c2nc(CCNC(=O)c3ccc(F)cc3)cs2)cc1. The van der Waals surface area contributed by atoms with Crippen LogP contribution in [0.15, 0.2) is 53.9 Å². The molecule has 27 heavy (non-hydrogen) atoms. The van der Waals surface area contributed by atoms with Crippen molar-refractivity contribution in [3.05, 3.63) is 71.0 Å². The fraction of sp³-hybridized carbons (Fsp3) is 0.150. The Hall–Kier alpha value is -3.06. The predicted octanol–water partition coefficient (Wildman–Crippen LogP) is 3.88. The molecule has 0 radical (unpaired) electrons. The van der Waals surface area contributed by atoms with Crippen LogP contribution < -0.4 is 10.6 Å². The summed E-state index contributed by atoms with van der Waals surface area (Å²) < 4.78 is 12.9. The summed E-state index contributed by atoms with van der Waals surface area (Å²) in [7, 11) is 0. The first-order chi connectivity index (χ1) is 13.0. The first-order valence-corrected chi connectivity index (χ1v) is 9.25. The zero-order chi connectivity index (χ0) is 19.2. The summed E-state index contributed by atoms with van der Waals surface area (Å²) >= 11 is 1.53. The third-order valence-corrected chi connectivity index (χ3v) is 4.72. The second-order valence-corrected chi connectivity index (χ2v) is 6.77. The largest absolute Gasteiger partial charge is 0.352 e. The van der Waals surface area contributed by atoms with E-state index in [2.05, 4.69) is 15.6 Å². The predicted molar refractivity (Wildman–Crippen MR) is 104 cm³/mol. The molecule has 2 aromatic carbocycles. The van der Waals surface area contributed by atoms with Gasteiger partial charge in [0.05, 0.1) is 5.69 Å². The first kappa shape index (κ1) is 18.7. The minimum Gasteiger partial charge on any atom is -0.352 e. The quantitative estimate of drug-likeness (QED) is 0.679. The number of aromatic nitrogens is 1. The first-order valence-electron chi connectivity index (χ1n) is 8.37. The van der Waals surface area contributed by atoms with Crippen LogP contribution in [0.1, 0.15) is 23.0 Å². The Labute approximate surface area is 160 Å². The topological polar surface area (TPSA) is 71.1 Å². The van der Waals surface area contributed by atoms with Gasteiger partial charge in [-0.25, -0.2) is 9.37 Å². The van der Waals surface area contributed by atoms with E-state index in [1.807, 2.05) is 29.6 Å². The van der Waals surface area contributed by atoms with E-state index in [-0.39, 0.29) is 17.6 Å². The second kappa shape index (κ2) is 8.55. The molecule has 5 nitrogen and oxygen atoms in total. The number of halogens is 1. The Balaban J connectivity index is 1.54. The van der Waals surface area contributed by atoms with Gasteiger partial charge in [0.25, 0.3) is 5.91 Å². The number of carbonyl (C=O) groups excluding carboxylic acids is 2. The minimum atomic E-state index is -0.369. The molecule has 0 fully saturated rings. The Morgan fingerprint density at radius 1 is 1.07 bits per heavy atom. The van der Waals surface area contributed by atoms with Crippen molar-refractivity contribution in [2.75, 3.05) is 11.9 Å². The number of anilines is 1. The number of carbonyl (C=O) groups is 2. The molecule has 2 N–H and O–H groups in total. The Kier molecular flexibility index (Phi) is 5.93. The standard InChI is InChI=1S/C20H18FN3O2S/c1-13(25)23-17-8-4-15(5-9-17)20-24-18(12-27-20)10-11-22-19(26)14-2-6-16(21)7-3-14/h2-9,12H,10-11H2,1H3,(H,22,26)(H,23,25). The van der Waals surface area contributed by atoms with E-state index in [0.717, 1.165) is 22.0 Å². The van der Waals surface area contributed by atoms with Gasteiger partial charge >= 0.3 is 0 Å². The molecule has 1 heterocycles. The number of rotatable bonds is 6. The number of nitrogens with zero attached hydrogens (tertiary/aromatic N) is 1. The van der Waals surface area contributed by atoms with Crippen molar-refractivity contribution in [1.29, 1.82) is 0 Å². The van der Waals surface area contributed by atoms with Crippen molar-refractivity contribution < 1.29 is 14.0 Å². The van der Waals surface area contributed by atoms with Crippen molar-refractivity contribution >= 4 is 28.8 Å². The molecule has 3 rings (SSSR count). The third kappa shape index (κ3) is 5.21. The lowest BCUT2D eigenvalue weighted by molar-refractivity contribution is -0.114. The summed E-state index contributed by atoms with van der Waals surface area (Å²) in [5.74, 6) is -0.715. The van der Waals surface area contributed by atoms with Crippen LogP contribution in [0, 0.1) is 5.82 Å². The van der Waals surface area contributed by atoms with E-state index in [1.54, 1.807) is 0 Å². The zero-order valence-corrected chi connectivity index (χ0v) is 15.5. The number of benzene rings is 2. The summed E-state index contributed by atoms with van der Waals surface area (Å²) in [4.78, 5) is 27.6. The molecule has 0 bridgehead atoms. The maximum Gasteiger partial charge on any atom is 0.251 e. The highest BCUT2D eigenvalue weighted by Gasteiger charge is 2.08. The van der Waals surface area contributed by atoms with E-state index >= 15 is 0 Å². The van der Waals surface area contributed by atoms with E-state index in [1.165, 1.54) is 42.5 Å². The molecule has 3 aromatic rings. The number of nitrogens with one attached hydrogen (secondary N) is 2. The Bertz CT molecular complexity index is 937. The summed E-state index contributed by atoms with van der Waals surface area (Å²) in [6, 6.07) is 12.9. The number of hydrogen-bond donors (Lipinski definition) is 2. The summed E-state index contributed by atoms with van der Waals surface area (Å²) in [6.45, 7) is 1.91. The van der Waals surface area contributed by atoms with Crippen molar-refractivity contribution in [3.8, 4) is 10.6 Å². The van der Waals surface area contributed by atoms with Gasteiger partial charge in [-0.2, -0.15) is 0 Å². The molecular formula is C20H18FN3O2S. The average molecular weight is 383 g/mol. The lowest BCUT2D eigenvalue weighted by Gasteiger charge is -2.04. The highest BCUT2D eigenvalue weighted by atomic mass is 32.1. The summed E-state index contributed by atoms with van der Waals surface area (Å²) in [5, 5.41) is 8.37. The molecule has 0 saturated carbocycles. The number of hydrogen-bond acceptors (Lipinski definition) is 4. The van der Waals surface area contributed by atoms with Gasteiger partial charge in [0, 0.05) is 42.1 Å². The van der Waals surface area contributed by atoms with E-state index < -0.39 is 0 Å². The van der Waals surface area contributed by atoms with Gasteiger partial charge in [-0.3, -0.25) is 9.59 Å². The van der Waals surface area contributed by atoms with Crippen LogP contribution in [0.25, 0.3) is 10.6 Å². The smallest absolute Gasteiger partial charge is 0.251 e. The fourth-order valence-corrected chi connectivity index (χ4v) is 3.32. The molecule has 0 aliphatic heterocycles. The average Bonchev–Trinajstić information content (AvgIpc) is 3.11. The molecule has 0 saturated heterocycles. The van der Waals surface area contributed by atoms with Gasteiger partial charge in [0.1, 0.15) is 10.8 Å². The zero-order valence-electron chi connectivity index (χ0n) is 14.7. The van der Waals surface area contributed by atoms with Crippen molar-refractivity contribution in [1.82, 2.24) is 10.3 Å². The number of amides is 2. The van der Waals surface area contributed by atoms with Crippen LogP contribution in [0.5, 0.6) is 0 Å². The van der Waals surface area contributed by atoms with Crippen molar-refractivity contribution in [2.45, 2.75) is 13.3 Å². The van der Waals surface area contributed by atoms with Gasteiger partial charge in [-0.15, -0.1) is 11.3 Å². The minimum absolute atomic E-state index is 0.109. The second-order valence-electron chi connectivity index (χ2n) is 5.92. The van der Waals surface area contributed by atoms with Gasteiger partial charge in [0.2, 0.25) is 5.91 Å². The van der Waals surface area contributed by atoms with E-state index in [4.69, 9.17) is 0 Å². The Morgan fingerprint density at radius 3 is 2.44 bits per heavy atom. The van der Waals surface area contributed by atoms with Crippen molar-refractivity contribution in [2.24, 2.45) is 0 Å². The molecular weight excluding hydrogens is 365 g/mol. The molecule has 7 heteroatoms. The molecule has 0 atom stereocenters. The van der Waals surface area contributed by atoms with Crippen LogP contribution in [0.2, 0.25) is 0 Å². The number of thiazole rings is 1. The molecule has 0 unspecified atom stereocenters. The monoisotopic (exact) mass is 383 g/mol.